The van der Waals surface area contributed by atoms with Crippen molar-refractivity contribution in [1.29, 1.82) is 0 Å². The second-order valence-corrected chi connectivity index (χ2v) is 11.6. The van der Waals surface area contributed by atoms with Gasteiger partial charge in [-0.3, -0.25) is 0 Å². The van der Waals surface area contributed by atoms with Crippen LogP contribution in [0.4, 0.5) is 0 Å². The number of benzene rings is 4. The van der Waals surface area contributed by atoms with Crippen LogP contribution in [-0.2, 0) is 19.2 Å². The third-order valence-corrected chi connectivity index (χ3v) is 7.05. The average molecular weight is 669 g/mol. The summed E-state index contributed by atoms with van der Waals surface area (Å²) in [6.45, 7) is 20.5. The van der Waals surface area contributed by atoms with E-state index < -0.39 is 23.9 Å². The summed E-state index contributed by atoms with van der Waals surface area (Å²) in [5.74, 6) is -2.20. The molecule has 0 atom stereocenters. The minimum absolute atomic E-state index is 0.0868. The molecule has 8 heteroatoms. The number of rotatable bonds is 12. The Hall–Kier alpha value is -6.54. The topological polar surface area (TPSA) is 105 Å². The molecule has 4 aromatic carbocycles. The fourth-order valence-electron chi connectivity index (χ4n) is 4.22. The van der Waals surface area contributed by atoms with Gasteiger partial charge in [0.25, 0.3) is 0 Å². The lowest BCUT2D eigenvalue weighted by Gasteiger charge is -2.13. The normalized spacial score (nSPS) is 10.6. The number of hydrogen-bond donors (Lipinski definition) is 0. The van der Waals surface area contributed by atoms with E-state index in [1.54, 1.807) is 36.4 Å². The predicted molar refractivity (Wildman–Crippen MR) is 194 cm³/mol. The van der Waals surface area contributed by atoms with Crippen LogP contribution in [-0.4, -0.2) is 23.9 Å². The van der Waals surface area contributed by atoms with Crippen LogP contribution in [0.1, 0.15) is 38.8 Å². The summed E-state index contributed by atoms with van der Waals surface area (Å²) in [6, 6.07) is 25.4. The Morgan fingerprint density at radius 1 is 0.400 bits per heavy atom. The molecule has 0 radical (unpaired) electrons. The third kappa shape index (κ3) is 9.51. The van der Waals surface area contributed by atoms with E-state index in [-0.39, 0.29) is 45.3 Å². The fourth-order valence-corrected chi connectivity index (χ4v) is 4.22. The molecule has 0 amide bonds. The summed E-state index contributed by atoms with van der Waals surface area (Å²) >= 11 is 0. The zero-order valence-electron chi connectivity index (χ0n) is 28.3. The van der Waals surface area contributed by atoms with Gasteiger partial charge in [-0.05, 0) is 85.3 Å². The molecule has 0 fully saturated rings. The van der Waals surface area contributed by atoms with Crippen molar-refractivity contribution in [1.82, 2.24) is 0 Å². The van der Waals surface area contributed by atoms with Crippen molar-refractivity contribution in [3.63, 3.8) is 0 Å². The minimum Gasteiger partial charge on any atom is -0.419 e. The lowest BCUT2D eigenvalue weighted by atomic mass is 10.0. The van der Waals surface area contributed by atoms with Crippen molar-refractivity contribution in [2.24, 2.45) is 0 Å². The van der Waals surface area contributed by atoms with E-state index in [1.807, 2.05) is 60.7 Å². The molecular formula is C42H36O8. The first-order valence-electron chi connectivity index (χ1n) is 15.4. The number of carbonyl (C=O) groups is 4. The summed E-state index contributed by atoms with van der Waals surface area (Å²) in [5.41, 5.74) is 5.90. The molecule has 0 saturated heterocycles. The summed E-state index contributed by atoms with van der Waals surface area (Å²) < 4.78 is 21.6. The van der Waals surface area contributed by atoms with Crippen LogP contribution in [0, 0.1) is 0 Å². The number of esters is 4. The van der Waals surface area contributed by atoms with Gasteiger partial charge >= 0.3 is 23.9 Å². The van der Waals surface area contributed by atoms with Gasteiger partial charge in [-0.15, -0.1) is 0 Å². The molecule has 0 aliphatic carbocycles. The molecule has 4 rings (SSSR count). The van der Waals surface area contributed by atoms with Crippen LogP contribution >= 0.6 is 0 Å². The lowest BCUT2D eigenvalue weighted by molar-refractivity contribution is -0.132. The Morgan fingerprint density at radius 3 is 0.940 bits per heavy atom. The Bertz CT molecular complexity index is 1910. The monoisotopic (exact) mass is 668 g/mol. The van der Waals surface area contributed by atoms with E-state index >= 15 is 0 Å². The van der Waals surface area contributed by atoms with Gasteiger partial charge in [0, 0.05) is 22.3 Å². The first kappa shape index (κ1) is 36.3. The highest BCUT2D eigenvalue weighted by Crippen LogP contribution is 2.35. The first-order chi connectivity index (χ1) is 23.7. The van der Waals surface area contributed by atoms with Crippen molar-refractivity contribution < 1.29 is 38.1 Å². The Balaban J connectivity index is 1.51. The van der Waals surface area contributed by atoms with E-state index in [0.717, 1.165) is 33.4 Å². The molecule has 4 aromatic rings. The lowest BCUT2D eigenvalue weighted by Crippen LogP contribution is -2.12. The summed E-state index contributed by atoms with van der Waals surface area (Å²) in [7, 11) is 0. The zero-order valence-corrected chi connectivity index (χ0v) is 28.3. The van der Waals surface area contributed by atoms with Crippen molar-refractivity contribution in [2.75, 3.05) is 0 Å². The highest BCUT2D eigenvalue weighted by molar-refractivity contribution is 5.92. The van der Waals surface area contributed by atoms with Crippen LogP contribution in [0.2, 0.25) is 0 Å². The van der Waals surface area contributed by atoms with E-state index in [0.29, 0.717) is 0 Å². The average Bonchev–Trinajstić information content (AvgIpc) is 3.09. The standard InChI is InChI=1S/C42H36O8/c1-25(2)39(43)47-35-21-19-33(23-37(35)49-41(45)27(5)6)31-15-11-29(12-16-31)9-10-30-13-17-32(18-14-30)34-20-22-36(48-40(44)26(3)4)38(24-34)50-42(46)28(7)8/h9-24H,1,3,5,7H2,2,4,6,8H3/b10-9+. The second-order valence-electron chi connectivity index (χ2n) is 11.6. The molecule has 0 heterocycles. The SMILES string of the molecule is C=C(C)C(=O)Oc1ccc(-c2ccc(/C=C/c3ccc(-c4ccc(OC(=O)C(=C)C)c(OC(=O)C(=C)C)c4)cc3)cc2)cc1OC(=O)C(=C)C. The summed E-state index contributed by atoms with van der Waals surface area (Å²) in [6.07, 6.45) is 3.94. The molecule has 0 bridgehead atoms. The molecule has 0 aliphatic rings. The number of hydrogen-bond acceptors (Lipinski definition) is 8. The Morgan fingerprint density at radius 2 is 0.660 bits per heavy atom. The zero-order chi connectivity index (χ0) is 36.5. The van der Waals surface area contributed by atoms with Crippen molar-refractivity contribution in [3.8, 4) is 45.3 Å². The highest BCUT2D eigenvalue weighted by Gasteiger charge is 2.18. The third-order valence-electron chi connectivity index (χ3n) is 7.05. The van der Waals surface area contributed by atoms with Crippen LogP contribution in [0.5, 0.6) is 23.0 Å². The molecule has 0 saturated carbocycles. The maximum atomic E-state index is 12.3. The summed E-state index contributed by atoms with van der Waals surface area (Å²) in [4.78, 5) is 48.8. The molecule has 50 heavy (non-hydrogen) atoms. The quantitative estimate of drug-likeness (QED) is 0.0637. The van der Waals surface area contributed by atoms with Crippen molar-refractivity contribution >= 4 is 36.0 Å². The van der Waals surface area contributed by atoms with Crippen LogP contribution in [0.15, 0.2) is 134 Å². The molecule has 8 nitrogen and oxygen atoms in total. The van der Waals surface area contributed by atoms with Gasteiger partial charge in [-0.25, -0.2) is 19.2 Å². The summed E-state index contributed by atoms with van der Waals surface area (Å²) in [5, 5.41) is 0. The number of carbonyl (C=O) groups excluding carboxylic acids is 4. The van der Waals surface area contributed by atoms with Gasteiger partial charge < -0.3 is 18.9 Å². The molecule has 0 N–H and O–H groups in total. The van der Waals surface area contributed by atoms with E-state index in [1.165, 1.54) is 27.7 Å². The minimum atomic E-state index is -0.642. The largest absolute Gasteiger partial charge is 0.419 e. The van der Waals surface area contributed by atoms with Crippen molar-refractivity contribution in [3.05, 3.63) is 145 Å². The fraction of sp³-hybridized carbons (Fsp3) is 0.0952. The predicted octanol–water partition coefficient (Wildman–Crippen LogP) is 9.12. The van der Waals surface area contributed by atoms with Crippen LogP contribution < -0.4 is 18.9 Å². The van der Waals surface area contributed by atoms with Gasteiger partial charge in [0.05, 0.1) is 0 Å². The van der Waals surface area contributed by atoms with Gasteiger partial charge in [-0.2, -0.15) is 0 Å². The highest BCUT2D eigenvalue weighted by atomic mass is 16.6. The second kappa shape index (κ2) is 16.0. The van der Waals surface area contributed by atoms with Crippen LogP contribution in [0.25, 0.3) is 34.4 Å². The maximum Gasteiger partial charge on any atom is 0.338 e. The van der Waals surface area contributed by atoms with E-state index in [9.17, 15) is 19.2 Å². The van der Waals surface area contributed by atoms with E-state index in [4.69, 9.17) is 18.9 Å². The molecule has 0 aromatic heterocycles. The van der Waals surface area contributed by atoms with Gasteiger partial charge in [0.15, 0.2) is 23.0 Å². The van der Waals surface area contributed by atoms with Gasteiger partial charge in [0.2, 0.25) is 0 Å². The smallest absolute Gasteiger partial charge is 0.338 e. The molecule has 0 aliphatic heterocycles. The van der Waals surface area contributed by atoms with Crippen molar-refractivity contribution in [2.45, 2.75) is 27.7 Å². The first-order valence-corrected chi connectivity index (χ1v) is 15.4. The molecule has 0 unspecified atom stereocenters. The van der Waals surface area contributed by atoms with Gasteiger partial charge in [0.1, 0.15) is 0 Å². The van der Waals surface area contributed by atoms with Gasteiger partial charge in [-0.1, -0.05) is 99.1 Å². The van der Waals surface area contributed by atoms with E-state index in [2.05, 4.69) is 26.3 Å². The molecule has 0 spiro atoms. The Labute approximate surface area is 291 Å². The molecule has 252 valence electrons. The molecular weight excluding hydrogens is 632 g/mol. The maximum absolute atomic E-state index is 12.3. The van der Waals surface area contributed by atoms with Crippen LogP contribution in [0.3, 0.4) is 0 Å². The Kier molecular flexibility index (Phi) is 11.6. The number of ether oxygens (including phenoxy) is 4.